The second-order valence-electron chi connectivity index (χ2n) is 9.78. The van der Waals surface area contributed by atoms with Gasteiger partial charge >= 0.3 is 11.9 Å². The van der Waals surface area contributed by atoms with Crippen LogP contribution < -0.4 is 21.7 Å². The van der Waals surface area contributed by atoms with Gasteiger partial charge in [0.05, 0.1) is 12.5 Å². The molecule has 0 saturated heterocycles. The number of carbonyl (C=O) groups excluding carboxylic acids is 3. The van der Waals surface area contributed by atoms with Crippen LogP contribution in [0.15, 0.2) is 48.5 Å². The Morgan fingerprint density at radius 1 is 0.732 bits per heavy atom. The largest absolute Gasteiger partial charge is 0.508 e. The van der Waals surface area contributed by atoms with E-state index >= 15 is 0 Å². The molecule has 0 radical (unpaired) electrons. The number of phenolic OH excluding ortho intramolecular Hbond substituents is 2. The van der Waals surface area contributed by atoms with Gasteiger partial charge in [0.15, 0.2) is 0 Å². The third-order valence-electron chi connectivity index (χ3n) is 6.52. The molecule has 0 aromatic heterocycles. The number of hydrogen-bond acceptors (Lipinski definition) is 8. The molecule has 222 valence electrons. The van der Waals surface area contributed by atoms with Crippen LogP contribution in [0.2, 0.25) is 0 Å². The average molecular weight is 573 g/mol. The first kappa shape index (κ1) is 32.6. The number of carbonyl (C=O) groups is 5. The van der Waals surface area contributed by atoms with Gasteiger partial charge in [-0.1, -0.05) is 44.5 Å². The van der Waals surface area contributed by atoms with E-state index in [4.69, 9.17) is 5.73 Å². The van der Waals surface area contributed by atoms with E-state index in [0.717, 1.165) is 0 Å². The average Bonchev–Trinajstić information content (AvgIpc) is 2.92. The summed E-state index contributed by atoms with van der Waals surface area (Å²) < 4.78 is 0. The van der Waals surface area contributed by atoms with Crippen molar-refractivity contribution in [3.8, 4) is 11.5 Å². The normalized spacial score (nSPS) is 14.5. The zero-order chi connectivity index (χ0) is 30.7. The number of aromatic hydroxyl groups is 2. The molecule has 0 saturated carbocycles. The van der Waals surface area contributed by atoms with Crippen molar-refractivity contribution in [3.05, 3.63) is 59.7 Å². The second kappa shape index (κ2) is 15.2. The molecule has 2 aromatic carbocycles. The van der Waals surface area contributed by atoms with Crippen LogP contribution in [-0.2, 0) is 36.8 Å². The van der Waals surface area contributed by atoms with Crippen LogP contribution in [0.25, 0.3) is 0 Å². The Morgan fingerprint density at radius 2 is 1.22 bits per heavy atom. The van der Waals surface area contributed by atoms with E-state index in [0.29, 0.717) is 17.5 Å². The highest BCUT2D eigenvalue weighted by atomic mass is 16.4. The lowest BCUT2D eigenvalue weighted by molar-refractivity contribution is -0.143. The van der Waals surface area contributed by atoms with E-state index in [1.54, 1.807) is 26.0 Å². The van der Waals surface area contributed by atoms with Gasteiger partial charge in [0.1, 0.15) is 29.6 Å². The highest BCUT2D eigenvalue weighted by molar-refractivity contribution is 5.95. The maximum absolute atomic E-state index is 13.2. The van der Waals surface area contributed by atoms with Crippen molar-refractivity contribution in [1.29, 1.82) is 0 Å². The van der Waals surface area contributed by atoms with Gasteiger partial charge in [-0.05, 0) is 47.7 Å². The maximum atomic E-state index is 13.2. The molecule has 0 fully saturated rings. The number of hydrogen-bond donors (Lipinski definition) is 8. The monoisotopic (exact) mass is 572 g/mol. The minimum atomic E-state index is -1.64. The highest BCUT2D eigenvalue weighted by Gasteiger charge is 2.33. The van der Waals surface area contributed by atoms with E-state index in [2.05, 4.69) is 16.0 Å². The number of nitrogens with two attached hydrogens (primary N) is 1. The molecule has 13 heteroatoms. The molecular formula is C28H36N4O9. The van der Waals surface area contributed by atoms with Crippen molar-refractivity contribution >= 4 is 29.7 Å². The van der Waals surface area contributed by atoms with Gasteiger partial charge in [-0.25, -0.2) is 4.79 Å². The Kier molecular flexibility index (Phi) is 12.1. The van der Waals surface area contributed by atoms with E-state index in [1.807, 2.05) is 0 Å². The summed E-state index contributed by atoms with van der Waals surface area (Å²) in [7, 11) is 0. The molecule has 9 N–H and O–H groups in total. The topological polar surface area (TPSA) is 228 Å². The van der Waals surface area contributed by atoms with Crippen molar-refractivity contribution in [3.63, 3.8) is 0 Å². The molecule has 5 unspecified atom stereocenters. The third-order valence-corrected chi connectivity index (χ3v) is 6.52. The number of benzene rings is 2. The van der Waals surface area contributed by atoms with Crippen molar-refractivity contribution in [1.82, 2.24) is 16.0 Å². The number of nitrogens with one attached hydrogen (secondary N) is 3. The molecule has 0 spiro atoms. The Morgan fingerprint density at radius 3 is 1.68 bits per heavy atom. The summed E-state index contributed by atoms with van der Waals surface area (Å²) in [5, 5.41) is 45.0. The minimum absolute atomic E-state index is 0.0295. The fourth-order valence-corrected chi connectivity index (χ4v) is 3.93. The summed E-state index contributed by atoms with van der Waals surface area (Å²) in [4.78, 5) is 62.3. The highest BCUT2D eigenvalue weighted by Crippen LogP contribution is 2.14. The zero-order valence-corrected chi connectivity index (χ0v) is 22.7. The minimum Gasteiger partial charge on any atom is -0.508 e. The summed E-state index contributed by atoms with van der Waals surface area (Å²) in [5.74, 6) is -5.75. The Labute approximate surface area is 236 Å². The van der Waals surface area contributed by atoms with Gasteiger partial charge in [-0.3, -0.25) is 19.2 Å². The fourth-order valence-electron chi connectivity index (χ4n) is 3.93. The van der Waals surface area contributed by atoms with Gasteiger partial charge in [0.2, 0.25) is 17.7 Å². The lowest BCUT2D eigenvalue weighted by Crippen LogP contribution is -2.59. The molecule has 0 heterocycles. The van der Waals surface area contributed by atoms with Crippen LogP contribution >= 0.6 is 0 Å². The Bertz CT molecular complexity index is 1220. The standard InChI is InChI=1S/C28H36N4O9/c1-3-15(2)24(32-25(37)20(29)12-16-4-8-18(33)9-5-16)27(39)30-21(14-23(35)36)26(38)31-22(28(40)41)13-17-6-10-19(34)11-7-17/h4-11,15,20-22,24,33-34H,3,12-14,29H2,1-2H3,(H,30,39)(H,31,38)(H,32,37)(H,35,36)(H,40,41). The van der Waals surface area contributed by atoms with Gasteiger partial charge in [0.25, 0.3) is 0 Å². The molecule has 2 rings (SSSR count). The van der Waals surface area contributed by atoms with Crippen LogP contribution in [0.5, 0.6) is 11.5 Å². The molecule has 0 bridgehead atoms. The third kappa shape index (κ3) is 10.4. The number of carboxylic acids is 2. The van der Waals surface area contributed by atoms with Crippen LogP contribution in [-0.4, -0.2) is 74.3 Å². The Balaban J connectivity index is 2.15. The van der Waals surface area contributed by atoms with E-state index in [9.17, 15) is 44.4 Å². The van der Waals surface area contributed by atoms with Crippen molar-refractivity contribution in [2.24, 2.45) is 11.7 Å². The number of phenols is 2. The smallest absolute Gasteiger partial charge is 0.326 e. The number of amides is 3. The van der Waals surface area contributed by atoms with Crippen LogP contribution in [0.4, 0.5) is 0 Å². The number of rotatable bonds is 15. The van der Waals surface area contributed by atoms with E-state index in [-0.39, 0.29) is 24.3 Å². The Hall–Kier alpha value is -4.65. The fraction of sp³-hybridized carbons (Fsp3) is 0.393. The molecule has 2 aromatic rings. The van der Waals surface area contributed by atoms with Crippen molar-refractivity contribution in [2.75, 3.05) is 0 Å². The summed E-state index contributed by atoms with van der Waals surface area (Å²) >= 11 is 0. The molecule has 13 nitrogen and oxygen atoms in total. The molecule has 3 amide bonds. The summed E-state index contributed by atoms with van der Waals surface area (Å²) in [6, 6.07) is 6.42. The van der Waals surface area contributed by atoms with E-state index < -0.39 is 66.2 Å². The molecular weight excluding hydrogens is 536 g/mol. The summed E-state index contributed by atoms with van der Waals surface area (Å²) in [6.07, 6.45) is -0.456. The van der Waals surface area contributed by atoms with Gasteiger partial charge < -0.3 is 42.1 Å². The SMILES string of the molecule is CCC(C)C(NC(=O)C(N)Cc1ccc(O)cc1)C(=O)NC(CC(=O)O)C(=O)NC(Cc1ccc(O)cc1)C(=O)O. The van der Waals surface area contributed by atoms with Crippen molar-refractivity contribution in [2.45, 2.75) is 63.7 Å². The quantitative estimate of drug-likeness (QED) is 0.145. The lowest BCUT2D eigenvalue weighted by atomic mass is 9.96. The molecule has 0 aliphatic carbocycles. The van der Waals surface area contributed by atoms with Crippen LogP contribution in [0.3, 0.4) is 0 Å². The summed E-state index contributed by atoms with van der Waals surface area (Å²) in [6.45, 7) is 3.45. The van der Waals surface area contributed by atoms with Crippen molar-refractivity contribution < 1.29 is 44.4 Å². The van der Waals surface area contributed by atoms with Crippen LogP contribution in [0, 0.1) is 5.92 Å². The van der Waals surface area contributed by atoms with E-state index in [1.165, 1.54) is 36.4 Å². The first-order valence-corrected chi connectivity index (χ1v) is 13.0. The number of aliphatic carboxylic acids is 2. The maximum Gasteiger partial charge on any atom is 0.326 e. The first-order valence-electron chi connectivity index (χ1n) is 13.0. The van der Waals surface area contributed by atoms with Gasteiger partial charge in [0, 0.05) is 6.42 Å². The first-order chi connectivity index (χ1) is 19.3. The lowest BCUT2D eigenvalue weighted by Gasteiger charge is -2.27. The van der Waals surface area contributed by atoms with Gasteiger partial charge in [-0.15, -0.1) is 0 Å². The predicted molar refractivity (Wildman–Crippen MR) is 147 cm³/mol. The molecule has 5 atom stereocenters. The molecule has 41 heavy (non-hydrogen) atoms. The number of carboxylic acid groups (broad SMARTS) is 2. The molecule has 0 aliphatic rings. The zero-order valence-electron chi connectivity index (χ0n) is 22.7. The predicted octanol–water partition coefficient (Wildman–Crippen LogP) is 0.270. The van der Waals surface area contributed by atoms with Gasteiger partial charge in [-0.2, -0.15) is 0 Å². The molecule has 0 aliphatic heterocycles. The second-order valence-corrected chi connectivity index (χ2v) is 9.78. The van der Waals surface area contributed by atoms with Crippen LogP contribution in [0.1, 0.15) is 37.8 Å². The summed E-state index contributed by atoms with van der Waals surface area (Å²) in [5.41, 5.74) is 7.19.